The summed E-state index contributed by atoms with van der Waals surface area (Å²) in [6.45, 7) is 6.89. The summed E-state index contributed by atoms with van der Waals surface area (Å²) in [7, 11) is 0. The minimum Gasteiger partial charge on any atom is -0.459 e. The van der Waals surface area contributed by atoms with Crippen molar-refractivity contribution in [2.45, 2.75) is 89.9 Å². The number of nitrogens with zero attached hydrogens (tertiary/aromatic N) is 4. The van der Waals surface area contributed by atoms with Gasteiger partial charge in [-0.3, -0.25) is 4.79 Å². The van der Waals surface area contributed by atoms with Crippen molar-refractivity contribution in [2.75, 3.05) is 59.2 Å². The van der Waals surface area contributed by atoms with Gasteiger partial charge < -0.3 is 29.0 Å². The fraction of sp³-hybridized carbons (Fsp3) is 0.657. The first-order valence-electron chi connectivity index (χ1n) is 17.5. The molecule has 0 aromatic carbocycles. The quantitative estimate of drug-likeness (QED) is 0.0198. The molecule has 0 rings (SSSR count). The number of imide groups is 2. The second kappa shape index (κ2) is 32.9. The van der Waals surface area contributed by atoms with E-state index < -0.39 is 30.2 Å². The first-order valence-corrected chi connectivity index (χ1v) is 17.5. The van der Waals surface area contributed by atoms with E-state index in [2.05, 4.69) is 28.2 Å². The Balaban J connectivity index is 4.85. The van der Waals surface area contributed by atoms with Crippen LogP contribution in [0.4, 0.5) is 14.4 Å². The standard InChI is InChI=1S/C35H53N5O12/c1-3-31(43)49-24-26-51-34(46)39(30(42)18-12-6-5-7-13-19-37-29-41)21-15-9-8-14-20-38-33(45)40(22-16-10-11-17-23-48-28-36)35(47)52-27-25-50-32(44)4-2/h3-4H,1-2,5-27H2,(H,38,45). The lowest BCUT2D eigenvalue weighted by Gasteiger charge is -2.21. The van der Waals surface area contributed by atoms with E-state index in [1.807, 2.05) is 0 Å². The Morgan fingerprint density at radius 2 is 1.13 bits per heavy atom. The molecule has 0 unspecified atom stereocenters. The number of rotatable bonds is 30. The molecule has 0 spiro atoms. The van der Waals surface area contributed by atoms with Gasteiger partial charge in [0.25, 0.3) is 6.26 Å². The molecule has 0 radical (unpaired) electrons. The van der Waals surface area contributed by atoms with Crippen molar-refractivity contribution < 1.29 is 57.2 Å². The third-order valence-corrected chi connectivity index (χ3v) is 7.18. The molecule has 0 heterocycles. The van der Waals surface area contributed by atoms with Crippen LogP contribution in [0.15, 0.2) is 30.3 Å². The lowest BCUT2D eigenvalue weighted by Crippen LogP contribution is -2.45. The lowest BCUT2D eigenvalue weighted by molar-refractivity contribution is -0.139. The number of carbonyl (C=O) groups is 6. The smallest absolute Gasteiger partial charge is 0.418 e. The van der Waals surface area contributed by atoms with E-state index in [1.54, 1.807) is 6.26 Å². The molecule has 1 N–H and O–H groups in total. The highest BCUT2D eigenvalue weighted by atomic mass is 16.6. The maximum atomic E-state index is 12.9. The number of hydrogen-bond acceptors (Lipinski definition) is 14. The van der Waals surface area contributed by atoms with E-state index in [-0.39, 0.29) is 58.4 Å². The van der Waals surface area contributed by atoms with Crippen molar-refractivity contribution in [1.29, 1.82) is 5.26 Å². The summed E-state index contributed by atoms with van der Waals surface area (Å²) in [6, 6.07) is -0.645. The molecule has 0 bridgehead atoms. The first kappa shape index (κ1) is 46.8. The van der Waals surface area contributed by atoms with Crippen molar-refractivity contribution in [3.8, 4) is 6.26 Å². The lowest BCUT2D eigenvalue weighted by atomic mass is 10.1. The zero-order valence-corrected chi connectivity index (χ0v) is 30.0. The van der Waals surface area contributed by atoms with Crippen LogP contribution in [0.2, 0.25) is 0 Å². The Bertz CT molecular complexity index is 1200. The minimum absolute atomic E-state index is 0.0867. The van der Waals surface area contributed by atoms with Gasteiger partial charge in [-0.2, -0.15) is 5.26 Å². The molecule has 0 saturated heterocycles. The number of hydrogen-bond donors (Lipinski definition) is 1. The van der Waals surface area contributed by atoms with Crippen LogP contribution >= 0.6 is 0 Å². The average Bonchev–Trinajstić information content (AvgIpc) is 3.14. The number of isocyanates is 1. The summed E-state index contributed by atoms with van der Waals surface area (Å²) in [5, 5.41) is 11.1. The Hall–Kier alpha value is -5.23. The number of urea groups is 1. The van der Waals surface area contributed by atoms with Crippen molar-refractivity contribution in [1.82, 2.24) is 15.1 Å². The molecule has 290 valence electrons. The van der Waals surface area contributed by atoms with Crippen LogP contribution in [0.1, 0.15) is 89.9 Å². The highest BCUT2D eigenvalue weighted by Crippen LogP contribution is 2.11. The molecular weight excluding hydrogens is 682 g/mol. The summed E-state index contributed by atoms with van der Waals surface area (Å²) in [5.74, 6) is -1.71. The minimum atomic E-state index is -0.889. The third kappa shape index (κ3) is 25.7. The van der Waals surface area contributed by atoms with Gasteiger partial charge in [0.1, 0.15) is 33.0 Å². The Kier molecular flexibility index (Phi) is 29.6. The molecule has 5 amide bonds. The van der Waals surface area contributed by atoms with Crippen LogP contribution in [0, 0.1) is 11.5 Å². The molecule has 0 aromatic rings. The van der Waals surface area contributed by atoms with Crippen LogP contribution in [-0.2, 0) is 42.9 Å². The normalized spacial score (nSPS) is 9.98. The van der Waals surface area contributed by atoms with Crippen LogP contribution in [0.25, 0.3) is 0 Å². The predicted octanol–water partition coefficient (Wildman–Crippen LogP) is 4.85. The highest BCUT2D eigenvalue weighted by molar-refractivity contribution is 5.92. The molecule has 0 aliphatic rings. The summed E-state index contributed by atoms with van der Waals surface area (Å²) in [4.78, 5) is 89.2. The SMILES string of the molecule is C=CC(=O)OCCOC(=O)N(CCCCCCNC(=O)N(CCCCCCOC#N)C(=O)OCCOC(=O)C=C)C(=O)CCCCCCCN=C=O. The van der Waals surface area contributed by atoms with Gasteiger partial charge in [0.15, 0.2) is 0 Å². The molecule has 0 saturated carbocycles. The molecule has 52 heavy (non-hydrogen) atoms. The average molecular weight is 736 g/mol. The molecule has 17 nitrogen and oxygen atoms in total. The van der Waals surface area contributed by atoms with Crippen molar-refractivity contribution in [3.05, 3.63) is 25.3 Å². The fourth-order valence-corrected chi connectivity index (χ4v) is 4.47. The number of aliphatic imine (C=N–C) groups is 1. The van der Waals surface area contributed by atoms with Crippen molar-refractivity contribution >= 4 is 42.1 Å². The van der Waals surface area contributed by atoms with Crippen LogP contribution in [-0.4, -0.2) is 111 Å². The molecular formula is C35H53N5O12. The molecule has 0 atom stereocenters. The van der Waals surface area contributed by atoms with Crippen molar-refractivity contribution in [2.24, 2.45) is 4.99 Å². The number of unbranched alkanes of at least 4 members (excludes halogenated alkanes) is 10. The van der Waals surface area contributed by atoms with Gasteiger partial charge in [0, 0.05) is 38.2 Å². The largest absolute Gasteiger partial charge is 0.459 e. The van der Waals surface area contributed by atoms with Crippen molar-refractivity contribution in [3.63, 3.8) is 0 Å². The Morgan fingerprint density at radius 1 is 0.635 bits per heavy atom. The summed E-state index contributed by atoms with van der Waals surface area (Å²) >= 11 is 0. The Labute approximate surface area is 305 Å². The van der Waals surface area contributed by atoms with Gasteiger partial charge in [-0.1, -0.05) is 51.7 Å². The zero-order chi connectivity index (χ0) is 38.7. The van der Waals surface area contributed by atoms with Gasteiger partial charge in [0.2, 0.25) is 12.0 Å². The van der Waals surface area contributed by atoms with Gasteiger partial charge in [-0.05, 0) is 44.9 Å². The zero-order valence-electron chi connectivity index (χ0n) is 30.0. The van der Waals surface area contributed by atoms with E-state index in [0.717, 1.165) is 54.1 Å². The monoisotopic (exact) mass is 735 g/mol. The molecule has 17 heteroatoms. The predicted molar refractivity (Wildman–Crippen MR) is 186 cm³/mol. The summed E-state index contributed by atoms with van der Waals surface area (Å²) < 4.78 is 24.5. The van der Waals surface area contributed by atoms with E-state index in [0.29, 0.717) is 64.5 Å². The fourth-order valence-electron chi connectivity index (χ4n) is 4.47. The number of nitrogens with one attached hydrogen (secondary N) is 1. The number of nitriles is 1. The second-order valence-electron chi connectivity index (χ2n) is 11.2. The number of amides is 5. The van der Waals surface area contributed by atoms with Gasteiger partial charge in [0.05, 0.1) is 6.54 Å². The summed E-state index contributed by atoms with van der Waals surface area (Å²) in [5.41, 5.74) is 0. The van der Waals surface area contributed by atoms with Gasteiger partial charge in [-0.25, -0.2) is 43.6 Å². The Morgan fingerprint density at radius 3 is 1.73 bits per heavy atom. The second-order valence-corrected chi connectivity index (χ2v) is 11.2. The molecule has 0 fully saturated rings. The maximum absolute atomic E-state index is 12.9. The first-order chi connectivity index (χ1) is 25.2. The van der Waals surface area contributed by atoms with Gasteiger partial charge in [-0.15, -0.1) is 0 Å². The van der Waals surface area contributed by atoms with Crippen LogP contribution < -0.4 is 5.32 Å². The van der Waals surface area contributed by atoms with E-state index >= 15 is 0 Å². The topological polar surface area (TPSA) is 220 Å². The van der Waals surface area contributed by atoms with E-state index in [9.17, 15) is 33.6 Å². The number of esters is 2. The van der Waals surface area contributed by atoms with E-state index in [1.165, 1.54) is 6.08 Å². The molecule has 0 aromatic heterocycles. The molecule has 0 aliphatic carbocycles. The maximum Gasteiger partial charge on any atom is 0.418 e. The van der Waals surface area contributed by atoms with Crippen LogP contribution in [0.5, 0.6) is 0 Å². The highest BCUT2D eigenvalue weighted by Gasteiger charge is 2.23. The summed E-state index contributed by atoms with van der Waals surface area (Å²) in [6.07, 6.45) is 12.1. The number of carbonyl (C=O) groups excluding carboxylic acids is 7. The third-order valence-electron chi connectivity index (χ3n) is 7.18. The van der Waals surface area contributed by atoms with E-state index in [4.69, 9.17) is 24.2 Å². The molecule has 0 aliphatic heterocycles. The number of ether oxygens (including phenoxy) is 5. The van der Waals surface area contributed by atoms with Crippen LogP contribution in [0.3, 0.4) is 0 Å². The van der Waals surface area contributed by atoms with Gasteiger partial charge >= 0.3 is 30.2 Å².